The quantitative estimate of drug-likeness (QED) is 0.0461. The first-order valence-corrected chi connectivity index (χ1v) is 20.2. The maximum Gasteiger partial charge on any atom is 0.236 e. The van der Waals surface area contributed by atoms with Crippen molar-refractivity contribution in [3.8, 4) is 0 Å². The Morgan fingerprint density at radius 3 is 1.23 bits per heavy atom. The number of nitrogens with zero attached hydrogens (tertiary/aromatic N) is 2. The molecule has 0 aliphatic carbocycles. The number of rotatable bonds is 31. The highest BCUT2D eigenvalue weighted by molar-refractivity contribution is 7.71. The van der Waals surface area contributed by atoms with Crippen LogP contribution < -0.4 is 4.90 Å². The van der Waals surface area contributed by atoms with E-state index < -0.39 is 0 Å². The molecule has 8 heteroatoms. The summed E-state index contributed by atoms with van der Waals surface area (Å²) >= 11 is 10.4. The van der Waals surface area contributed by atoms with Crippen LogP contribution in [0.15, 0.2) is 24.3 Å². The molecule has 1 aromatic rings. The van der Waals surface area contributed by atoms with Gasteiger partial charge >= 0.3 is 0 Å². The van der Waals surface area contributed by atoms with Crippen molar-refractivity contribution >= 4 is 42.2 Å². The van der Waals surface area contributed by atoms with E-state index in [9.17, 15) is 9.59 Å². The van der Waals surface area contributed by atoms with E-state index in [1.165, 1.54) is 108 Å². The average molecular weight is 689 g/mol. The van der Waals surface area contributed by atoms with Crippen LogP contribution >= 0.6 is 24.4 Å². The fraction of sp³-hybridized carbons (Fsp3) is 0.769. The molecule has 2 N–H and O–H groups in total. The third-order valence-electron chi connectivity index (χ3n) is 8.67. The molecule has 0 fully saturated rings. The van der Waals surface area contributed by atoms with E-state index in [-0.39, 0.29) is 27.3 Å². The predicted octanol–water partition coefficient (Wildman–Crippen LogP) is 13.1. The second-order valence-corrected chi connectivity index (χ2v) is 13.9. The Kier molecular flexibility index (Phi) is 28.7. The number of imide groups is 1. The Labute approximate surface area is 298 Å². The van der Waals surface area contributed by atoms with E-state index in [0.717, 1.165) is 64.2 Å². The van der Waals surface area contributed by atoms with E-state index in [0.29, 0.717) is 12.8 Å². The lowest BCUT2D eigenvalue weighted by Crippen LogP contribution is -2.38. The summed E-state index contributed by atoms with van der Waals surface area (Å²) < 4.78 is 0.420. The van der Waals surface area contributed by atoms with Gasteiger partial charge in [0, 0.05) is 12.8 Å². The minimum atomic E-state index is -0.237. The Bertz CT molecular complexity index is 1010. The van der Waals surface area contributed by atoms with Gasteiger partial charge in [-0.2, -0.15) is 4.98 Å². The molecule has 1 aromatic heterocycles. The molecule has 0 bridgehead atoms. The van der Waals surface area contributed by atoms with Gasteiger partial charge in [0.05, 0.1) is 0 Å². The molecule has 0 saturated heterocycles. The van der Waals surface area contributed by atoms with Crippen LogP contribution in [0.1, 0.15) is 194 Å². The van der Waals surface area contributed by atoms with Crippen LogP contribution in [0.25, 0.3) is 0 Å². The van der Waals surface area contributed by atoms with E-state index in [1.54, 1.807) is 0 Å². The molecular weight excluding hydrogens is 621 g/mol. The van der Waals surface area contributed by atoms with Gasteiger partial charge in [-0.25, -0.2) is 4.90 Å². The summed E-state index contributed by atoms with van der Waals surface area (Å²) in [4.78, 5) is 37.5. The SMILES string of the molecule is CCCCCCCCC=CCCCCCCCC(=O)N(C(=O)CCCCCCCC=CCCCCCCCC)c1nc(=S)[nH]c(=S)[nH]1. The standard InChI is InChI=1S/C39H68N4O2S2/c1-3-5-7-9-11-13-15-17-19-21-23-25-27-29-31-33-35(44)43(37-40-38(46)42-39(47)41-37)36(45)34-32-30-28-26-24-22-20-18-16-14-12-10-8-6-4-2/h17-20H,3-16,21-34H2,1-2H3,(H2,40,41,42,46,47). The number of carbonyl (C=O) groups excluding carboxylic acids is 2. The molecule has 0 unspecified atom stereocenters. The number of carbonyl (C=O) groups is 2. The molecule has 0 radical (unpaired) electrons. The van der Waals surface area contributed by atoms with Crippen molar-refractivity contribution in [1.29, 1.82) is 0 Å². The molecule has 0 atom stereocenters. The first-order valence-electron chi connectivity index (χ1n) is 19.4. The van der Waals surface area contributed by atoms with Crippen molar-refractivity contribution < 1.29 is 9.59 Å². The second-order valence-electron chi connectivity index (χ2n) is 13.1. The van der Waals surface area contributed by atoms with Gasteiger partial charge in [-0.15, -0.1) is 0 Å². The number of hydrogen-bond acceptors (Lipinski definition) is 5. The number of amides is 2. The van der Waals surface area contributed by atoms with Gasteiger partial charge in [0.1, 0.15) is 0 Å². The number of H-pyrrole nitrogens is 2. The number of unbranched alkanes of at least 4 members (excludes halogenated alkanes) is 22. The van der Waals surface area contributed by atoms with E-state index in [2.05, 4.69) is 53.1 Å². The van der Waals surface area contributed by atoms with Crippen LogP contribution in [0.3, 0.4) is 0 Å². The lowest BCUT2D eigenvalue weighted by Gasteiger charge is -2.19. The molecule has 0 saturated carbocycles. The molecule has 0 aromatic carbocycles. The van der Waals surface area contributed by atoms with Gasteiger partial charge in [0.25, 0.3) is 0 Å². The largest absolute Gasteiger partial charge is 0.308 e. The molecule has 268 valence electrons. The Balaban J connectivity index is 2.29. The van der Waals surface area contributed by atoms with Crippen LogP contribution in [0.2, 0.25) is 0 Å². The first kappa shape index (κ1) is 43.1. The minimum absolute atomic E-state index is 0.134. The summed E-state index contributed by atoms with van der Waals surface area (Å²) in [5.74, 6) is -0.340. The Morgan fingerprint density at radius 1 is 0.532 bits per heavy atom. The van der Waals surface area contributed by atoms with Gasteiger partial charge in [-0.05, 0) is 88.6 Å². The van der Waals surface area contributed by atoms with Crippen LogP contribution in [0.4, 0.5) is 5.95 Å². The van der Waals surface area contributed by atoms with E-state index in [4.69, 9.17) is 24.4 Å². The normalized spacial score (nSPS) is 11.6. The fourth-order valence-electron chi connectivity index (χ4n) is 5.78. The molecule has 0 aliphatic heterocycles. The maximum absolute atomic E-state index is 13.3. The number of aromatic amines is 2. The Hall–Kier alpha value is -1.93. The molecule has 1 heterocycles. The number of nitrogens with one attached hydrogen (secondary N) is 2. The van der Waals surface area contributed by atoms with Crippen molar-refractivity contribution in [2.24, 2.45) is 0 Å². The molecule has 0 aliphatic rings. The van der Waals surface area contributed by atoms with Gasteiger partial charge in [-0.3, -0.25) is 9.59 Å². The van der Waals surface area contributed by atoms with Gasteiger partial charge in [0.15, 0.2) is 4.77 Å². The fourth-order valence-corrected chi connectivity index (χ4v) is 6.22. The number of aromatic nitrogens is 3. The molecule has 0 spiro atoms. The van der Waals surface area contributed by atoms with Crippen LogP contribution in [0, 0.1) is 9.54 Å². The third kappa shape index (κ3) is 24.8. The zero-order valence-corrected chi connectivity index (χ0v) is 31.8. The summed E-state index contributed by atoms with van der Waals surface area (Å²) in [6.07, 6.45) is 41.1. The lowest BCUT2D eigenvalue weighted by atomic mass is 10.1. The summed E-state index contributed by atoms with van der Waals surface area (Å²) in [5, 5.41) is 0. The number of hydrogen-bond donors (Lipinski definition) is 2. The molecule has 6 nitrogen and oxygen atoms in total. The van der Waals surface area contributed by atoms with Crippen molar-refractivity contribution in [3.63, 3.8) is 0 Å². The molecule has 2 amide bonds. The summed E-state index contributed by atoms with van der Waals surface area (Å²) in [7, 11) is 0. The monoisotopic (exact) mass is 688 g/mol. The van der Waals surface area contributed by atoms with Gasteiger partial charge in [-0.1, -0.05) is 141 Å². The highest BCUT2D eigenvalue weighted by Crippen LogP contribution is 2.17. The van der Waals surface area contributed by atoms with E-state index >= 15 is 0 Å². The second kappa shape index (κ2) is 31.3. The topological polar surface area (TPSA) is 81.8 Å². The maximum atomic E-state index is 13.3. The minimum Gasteiger partial charge on any atom is -0.308 e. The van der Waals surface area contributed by atoms with Crippen LogP contribution in [-0.2, 0) is 9.59 Å². The smallest absolute Gasteiger partial charge is 0.236 e. The zero-order chi connectivity index (χ0) is 34.2. The molecule has 1 rings (SSSR count). The predicted molar refractivity (Wildman–Crippen MR) is 206 cm³/mol. The van der Waals surface area contributed by atoms with Gasteiger partial charge in [0.2, 0.25) is 22.5 Å². The summed E-state index contributed by atoms with van der Waals surface area (Å²) in [5.41, 5.74) is 0. The Morgan fingerprint density at radius 2 is 0.872 bits per heavy atom. The van der Waals surface area contributed by atoms with Gasteiger partial charge < -0.3 is 9.97 Å². The number of allylic oxidation sites excluding steroid dienone is 4. The summed E-state index contributed by atoms with van der Waals surface area (Å²) in [6, 6.07) is 0. The molecular formula is C39H68N4O2S2. The van der Waals surface area contributed by atoms with Crippen molar-refractivity contribution in [1.82, 2.24) is 15.0 Å². The van der Waals surface area contributed by atoms with Crippen molar-refractivity contribution in [2.75, 3.05) is 4.90 Å². The van der Waals surface area contributed by atoms with Crippen LogP contribution in [0.5, 0.6) is 0 Å². The highest BCUT2D eigenvalue weighted by Gasteiger charge is 2.24. The van der Waals surface area contributed by atoms with Crippen LogP contribution in [-0.4, -0.2) is 26.8 Å². The van der Waals surface area contributed by atoms with Crippen molar-refractivity contribution in [3.05, 3.63) is 33.8 Å². The lowest BCUT2D eigenvalue weighted by molar-refractivity contribution is -0.126. The number of anilines is 1. The third-order valence-corrected chi connectivity index (χ3v) is 9.07. The first-order chi connectivity index (χ1) is 23.0. The van der Waals surface area contributed by atoms with Crippen molar-refractivity contribution in [2.45, 2.75) is 194 Å². The van der Waals surface area contributed by atoms with E-state index in [1.807, 2.05) is 0 Å². The zero-order valence-electron chi connectivity index (χ0n) is 30.1. The average Bonchev–Trinajstić information content (AvgIpc) is 3.04. The summed E-state index contributed by atoms with van der Waals surface area (Å²) in [6.45, 7) is 4.52. The highest BCUT2D eigenvalue weighted by atomic mass is 32.1. The molecule has 47 heavy (non-hydrogen) atoms.